The van der Waals surface area contributed by atoms with Crippen LogP contribution >= 0.6 is 0 Å². The molecule has 27 heavy (non-hydrogen) atoms. The highest BCUT2D eigenvalue weighted by atomic mass is 15.2. The third-order valence-electron chi connectivity index (χ3n) is 6.04. The molecule has 0 atom stereocenters. The lowest BCUT2D eigenvalue weighted by atomic mass is 9.91. The minimum atomic E-state index is 0.543. The largest absolute Gasteiger partial charge is 0.371 e. The summed E-state index contributed by atoms with van der Waals surface area (Å²) >= 11 is 0. The summed E-state index contributed by atoms with van der Waals surface area (Å²) < 4.78 is 0. The van der Waals surface area contributed by atoms with E-state index in [2.05, 4.69) is 63.8 Å². The topological polar surface area (TPSA) is 40.2 Å². The molecule has 4 rings (SSSR count). The molecule has 1 aromatic carbocycles. The fourth-order valence-corrected chi connectivity index (χ4v) is 4.40. The molecule has 1 saturated carbocycles. The van der Waals surface area contributed by atoms with Crippen molar-refractivity contribution in [1.82, 2.24) is 10.3 Å². The maximum atomic E-state index is 4.65. The predicted molar refractivity (Wildman–Crippen MR) is 113 cm³/mol. The molecule has 4 nitrogen and oxygen atoms in total. The number of aromatic nitrogens is 1. The van der Waals surface area contributed by atoms with Gasteiger partial charge in [-0.3, -0.25) is 0 Å². The average Bonchev–Trinajstić information content (AvgIpc) is 3.24. The standard InChI is InChI=1S/C23H32N4/c1-18-16-25-23(15-22(18)27-13-5-6-14-27)26-21-11-9-20(10-12-21)24-17-19-7-3-2-4-8-19/h2-4,7-8,15-16,20-21,24H,5-6,9-14,17H2,1H3,(H,25,26). The fourth-order valence-electron chi connectivity index (χ4n) is 4.40. The lowest BCUT2D eigenvalue weighted by Crippen LogP contribution is -2.36. The number of rotatable bonds is 6. The van der Waals surface area contributed by atoms with Gasteiger partial charge in [-0.2, -0.15) is 0 Å². The minimum absolute atomic E-state index is 0.543. The summed E-state index contributed by atoms with van der Waals surface area (Å²) in [4.78, 5) is 7.15. The van der Waals surface area contributed by atoms with E-state index in [1.54, 1.807) is 0 Å². The number of anilines is 2. The maximum Gasteiger partial charge on any atom is 0.128 e. The number of hydrogen-bond acceptors (Lipinski definition) is 4. The zero-order valence-electron chi connectivity index (χ0n) is 16.5. The van der Waals surface area contributed by atoms with Crippen LogP contribution in [-0.4, -0.2) is 30.2 Å². The first-order chi connectivity index (χ1) is 13.3. The van der Waals surface area contributed by atoms with Gasteiger partial charge in [0.05, 0.1) is 0 Å². The van der Waals surface area contributed by atoms with Gasteiger partial charge >= 0.3 is 0 Å². The van der Waals surface area contributed by atoms with E-state index in [1.165, 1.54) is 68.4 Å². The van der Waals surface area contributed by atoms with E-state index in [1.807, 2.05) is 6.20 Å². The Hall–Kier alpha value is -2.07. The second kappa shape index (κ2) is 8.75. The summed E-state index contributed by atoms with van der Waals surface area (Å²) in [6, 6.07) is 14.1. The number of nitrogens with zero attached hydrogens (tertiary/aromatic N) is 2. The van der Waals surface area contributed by atoms with Gasteiger partial charge < -0.3 is 15.5 Å². The summed E-state index contributed by atoms with van der Waals surface area (Å²) in [6.45, 7) is 5.52. The van der Waals surface area contributed by atoms with E-state index in [9.17, 15) is 0 Å². The number of benzene rings is 1. The van der Waals surface area contributed by atoms with Crippen molar-refractivity contribution < 1.29 is 0 Å². The first-order valence-electron chi connectivity index (χ1n) is 10.5. The molecule has 2 aromatic rings. The number of hydrogen-bond donors (Lipinski definition) is 2. The summed E-state index contributed by atoms with van der Waals surface area (Å²) in [5, 5.41) is 7.43. The third kappa shape index (κ3) is 4.81. The van der Waals surface area contributed by atoms with Crippen molar-refractivity contribution in [3.05, 3.63) is 53.7 Å². The molecule has 1 aliphatic heterocycles. The Bertz CT molecular complexity index is 716. The Morgan fingerprint density at radius 3 is 2.44 bits per heavy atom. The molecule has 2 aliphatic rings. The molecule has 1 saturated heterocycles. The van der Waals surface area contributed by atoms with Crippen LogP contribution in [0.25, 0.3) is 0 Å². The first-order valence-corrected chi connectivity index (χ1v) is 10.5. The van der Waals surface area contributed by atoms with Gasteiger partial charge in [0, 0.05) is 49.7 Å². The summed E-state index contributed by atoms with van der Waals surface area (Å²) in [5.74, 6) is 1.04. The molecule has 4 heteroatoms. The highest BCUT2D eigenvalue weighted by molar-refractivity contribution is 5.59. The van der Waals surface area contributed by atoms with Gasteiger partial charge in [-0.05, 0) is 56.6 Å². The van der Waals surface area contributed by atoms with Crippen LogP contribution in [0.5, 0.6) is 0 Å². The molecule has 2 heterocycles. The van der Waals surface area contributed by atoms with Crippen molar-refractivity contribution in [3.63, 3.8) is 0 Å². The van der Waals surface area contributed by atoms with E-state index in [0.717, 1.165) is 12.4 Å². The summed E-state index contributed by atoms with van der Waals surface area (Å²) in [7, 11) is 0. The Labute approximate surface area is 163 Å². The van der Waals surface area contributed by atoms with Crippen molar-refractivity contribution >= 4 is 11.5 Å². The minimum Gasteiger partial charge on any atom is -0.371 e. The zero-order chi connectivity index (χ0) is 18.5. The van der Waals surface area contributed by atoms with Gasteiger partial charge in [0.2, 0.25) is 0 Å². The molecular formula is C23H32N4. The molecule has 2 fully saturated rings. The number of pyridine rings is 1. The van der Waals surface area contributed by atoms with E-state index in [4.69, 9.17) is 0 Å². The Kier molecular flexibility index (Phi) is 5.93. The van der Waals surface area contributed by atoms with Crippen LogP contribution in [0.2, 0.25) is 0 Å². The molecule has 144 valence electrons. The average molecular weight is 365 g/mol. The lowest BCUT2D eigenvalue weighted by Gasteiger charge is -2.30. The number of nitrogens with one attached hydrogen (secondary N) is 2. The molecule has 1 aromatic heterocycles. The van der Waals surface area contributed by atoms with Crippen LogP contribution in [0.1, 0.15) is 49.7 Å². The monoisotopic (exact) mass is 364 g/mol. The van der Waals surface area contributed by atoms with Crippen LogP contribution in [0.3, 0.4) is 0 Å². The molecule has 0 radical (unpaired) electrons. The quantitative estimate of drug-likeness (QED) is 0.791. The summed E-state index contributed by atoms with van der Waals surface area (Å²) in [6.07, 6.45) is 9.53. The van der Waals surface area contributed by atoms with Crippen LogP contribution in [0.15, 0.2) is 42.6 Å². The van der Waals surface area contributed by atoms with E-state index < -0.39 is 0 Å². The Morgan fingerprint density at radius 2 is 1.70 bits per heavy atom. The van der Waals surface area contributed by atoms with Crippen LogP contribution in [0, 0.1) is 6.92 Å². The SMILES string of the molecule is Cc1cnc(NC2CCC(NCc3ccccc3)CC2)cc1N1CCCC1. The van der Waals surface area contributed by atoms with Crippen molar-refractivity contribution in [1.29, 1.82) is 0 Å². The molecule has 2 N–H and O–H groups in total. The molecule has 1 aliphatic carbocycles. The molecule has 0 bridgehead atoms. The van der Waals surface area contributed by atoms with Crippen LogP contribution in [-0.2, 0) is 6.54 Å². The third-order valence-corrected chi connectivity index (χ3v) is 6.04. The molecule has 0 amide bonds. The van der Waals surface area contributed by atoms with Gasteiger partial charge in [0.15, 0.2) is 0 Å². The van der Waals surface area contributed by atoms with Gasteiger partial charge in [-0.1, -0.05) is 30.3 Å². The van der Waals surface area contributed by atoms with Gasteiger partial charge in [0.25, 0.3) is 0 Å². The van der Waals surface area contributed by atoms with Gasteiger partial charge in [-0.25, -0.2) is 4.98 Å². The van der Waals surface area contributed by atoms with Gasteiger partial charge in [0.1, 0.15) is 5.82 Å². The van der Waals surface area contributed by atoms with Crippen molar-refractivity contribution in [2.75, 3.05) is 23.3 Å². The van der Waals surface area contributed by atoms with E-state index >= 15 is 0 Å². The van der Waals surface area contributed by atoms with E-state index in [0.29, 0.717) is 12.1 Å². The molecule has 0 unspecified atom stereocenters. The van der Waals surface area contributed by atoms with Gasteiger partial charge in [-0.15, -0.1) is 0 Å². The highest BCUT2D eigenvalue weighted by Crippen LogP contribution is 2.28. The van der Waals surface area contributed by atoms with Crippen molar-refractivity contribution in [3.8, 4) is 0 Å². The highest BCUT2D eigenvalue weighted by Gasteiger charge is 2.22. The zero-order valence-corrected chi connectivity index (χ0v) is 16.5. The molecular weight excluding hydrogens is 332 g/mol. The summed E-state index contributed by atoms with van der Waals surface area (Å²) in [5.41, 5.74) is 4.02. The predicted octanol–water partition coefficient (Wildman–Crippen LogP) is 4.50. The smallest absolute Gasteiger partial charge is 0.128 e. The molecule has 0 spiro atoms. The second-order valence-corrected chi connectivity index (χ2v) is 8.11. The van der Waals surface area contributed by atoms with Crippen LogP contribution < -0.4 is 15.5 Å². The first kappa shape index (κ1) is 18.3. The van der Waals surface area contributed by atoms with E-state index in [-0.39, 0.29) is 0 Å². The second-order valence-electron chi connectivity index (χ2n) is 8.11. The van der Waals surface area contributed by atoms with Crippen LogP contribution in [0.4, 0.5) is 11.5 Å². The van der Waals surface area contributed by atoms with Crippen molar-refractivity contribution in [2.45, 2.75) is 64.1 Å². The lowest BCUT2D eigenvalue weighted by molar-refractivity contribution is 0.352. The Morgan fingerprint density at radius 1 is 1.00 bits per heavy atom. The fraction of sp³-hybridized carbons (Fsp3) is 0.522. The van der Waals surface area contributed by atoms with Crippen molar-refractivity contribution in [2.24, 2.45) is 0 Å². The maximum absolute atomic E-state index is 4.65. The normalized spacial score (nSPS) is 22.8. The number of aryl methyl sites for hydroxylation is 1. The Balaban J connectivity index is 1.27.